The first-order chi connectivity index (χ1) is 18.0. The third kappa shape index (κ3) is 9.13. The van der Waals surface area contributed by atoms with Crippen molar-refractivity contribution in [2.24, 2.45) is 0 Å². The molecule has 2 aliphatic rings. The molecule has 2 saturated heterocycles. The molecule has 0 spiro atoms. The number of aromatic nitrogens is 3. The van der Waals surface area contributed by atoms with E-state index in [0.29, 0.717) is 17.2 Å². The first-order valence-electron chi connectivity index (χ1n) is 13.2. The number of halogens is 1. The van der Waals surface area contributed by atoms with Gasteiger partial charge in [-0.1, -0.05) is 6.07 Å². The Bertz CT molecular complexity index is 1250. The van der Waals surface area contributed by atoms with Crippen molar-refractivity contribution in [2.75, 3.05) is 46.6 Å². The molecule has 42 heavy (non-hydrogen) atoms. The summed E-state index contributed by atoms with van der Waals surface area (Å²) >= 11 is 0. The molecule has 2 aromatic carbocycles. The van der Waals surface area contributed by atoms with Gasteiger partial charge >= 0.3 is 0 Å². The molecular weight excluding hydrogens is 558 g/mol. The number of carbonyl (C=O) groups is 1. The molecule has 15 N–H and O–H groups in total. The average Bonchev–Trinajstić information content (AvgIpc) is 2.92. The van der Waals surface area contributed by atoms with Crippen LogP contribution in [0.4, 0.5) is 29.2 Å². The number of phenols is 1. The highest BCUT2D eigenvalue weighted by molar-refractivity contribution is 6.06. The molecule has 1 aromatic heterocycles. The summed E-state index contributed by atoms with van der Waals surface area (Å²) in [4.78, 5) is 31.6. The maximum atomic E-state index is 12.8. The summed E-state index contributed by atoms with van der Waals surface area (Å²) in [6.07, 6.45) is 7.11. The second kappa shape index (κ2) is 17.3. The standard InChI is InChI=1S/C28H35N7O2.ClH.4H3N.4H2/c1-19-17-20(2)24(36)23(18-19)25(37)29-21-9-11-22(12-10-21)30-26-31-27(34-13-5-3-6-14-34)33-28(32-26)35-15-7-4-8-16-35;;;;;;;;;/h9-12,17-18,36H,3-8,13-16H2,1-2H3,(H,29,37)(H,30,31,32,33);1H;4*1H3;4*1H. The molecule has 2 aliphatic heterocycles. The molecular formula is C28H56ClN11O2. The van der Waals surface area contributed by atoms with Gasteiger partial charge in [-0.15, -0.1) is 12.4 Å². The second-order valence-corrected chi connectivity index (χ2v) is 9.99. The Morgan fingerprint density at radius 3 is 1.74 bits per heavy atom. The Hall–Kier alpha value is -3.75. The fourth-order valence-corrected chi connectivity index (χ4v) is 4.98. The van der Waals surface area contributed by atoms with E-state index in [0.717, 1.165) is 75.0 Å². The molecule has 3 heterocycles. The van der Waals surface area contributed by atoms with E-state index >= 15 is 0 Å². The Balaban J connectivity index is -0.000000623. The van der Waals surface area contributed by atoms with Gasteiger partial charge in [-0.2, -0.15) is 15.0 Å². The van der Waals surface area contributed by atoms with E-state index < -0.39 is 0 Å². The molecule has 1 amide bonds. The van der Waals surface area contributed by atoms with E-state index in [-0.39, 0.29) is 59.9 Å². The average molecular weight is 614 g/mol. The number of phenolic OH excluding ortho intramolecular Hbond substituents is 1. The summed E-state index contributed by atoms with van der Waals surface area (Å²) < 4.78 is 0. The summed E-state index contributed by atoms with van der Waals surface area (Å²) in [5, 5.41) is 16.5. The molecule has 13 nitrogen and oxygen atoms in total. The Labute approximate surface area is 260 Å². The van der Waals surface area contributed by atoms with E-state index in [4.69, 9.17) is 15.0 Å². The number of piperidine rings is 2. The van der Waals surface area contributed by atoms with Crippen molar-refractivity contribution in [3.8, 4) is 5.75 Å². The number of nitrogens with zero attached hydrogens (tertiary/aromatic N) is 5. The van der Waals surface area contributed by atoms with Gasteiger partial charge in [0, 0.05) is 43.3 Å². The van der Waals surface area contributed by atoms with Crippen molar-refractivity contribution in [1.82, 2.24) is 39.6 Å². The van der Waals surface area contributed by atoms with Crippen molar-refractivity contribution in [3.05, 3.63) is 53.1 Å². The third-order valence-corrected chi connectivity index (χ3v) is 6.98. The monoisotopic (exact) mass is 613 g/mol. The number of nitrogens with one attached hydrogen (secondary N) is 2. The Kier molecular flexibility index (Phi) is 15.7. The summed E-state index contributed by atoms with van der Waals surface area (Å²) in [5.41, 5.74) is 3.31. The van der Waals surface area contributed by atoms with Crippen molar-refractivity contribution >= 4 is 47.5 Å². The van der Waals surface area contributed by atoms with Gasteiger partial charge in [0.2, 0.25) is 17.8 Å². The van der Waals surface area contributed by atoms with Crippen LogP contribution in [0.5, 0.6) is 5.75 Å². The van der Waals surface area contributed by atoms with E-state index in [9.17, 15) is 9.90 Å². The number of benzene rings is 2. The van der Waals surface area contributed by atoms with Crippen molar-refractivity contribution in [3.63, 3.8) is 0 Å². The Morgan fingerprint density at radius 2 is 1.24 bits per heavy atom. The summed E-state index contributed by atoms with van der Waals surface area (Å²) in [7, 11) is 0. The van der Waals surface area contributed by atoms with Crippen LogP contribution in [0.3, 0.4) is 0 Å². The van der Waals surface area contributed by atoms with E-state index in [2.05, 4.69) is 20.4 Å². The van der Waals surface area contributed by atoms with Crippen molar-refractivity contribution < 1.29 is 15.6 Å². The van der Waals surface area contributed by atoms with E-state index in [1.807, 2.05) is 37.3 Å². The highest BCUT2D eigenvalue weighted by Gasteiger charge is 2.20. The minimum Gasteiger partial charge on any atom is -0.507 e. The molecule has 0 unspecified atom stereocenters. The summed E-state index contributed by atoms with van der Waals surface area (Å²) in [5.74, 6) is 1.64. The lowest BCUT2D eigenvalue weighted by Gasteiger charge is -2.30. The van der Waals surface area contributed by atoms with Crippen LogP contribution in [-0.2, 0) is 0 Å². The predicted molar refractivity (Wildman–Crippen MR) is 183 cm³/mol. The van der Waals surface area contributed by atoms with Crippen LogP contribution in [0.1, 0.15) is 65.7 Å². The lowest BCUT2D eigenvalue weighted by atomic mass is 10.0. The van der Waals surface area contributed by atoms with Crippen LogP contribution < -0.4 is 45.0 Å². The van der Waals surface area contributed by atoms with Gasteiger partial charge in [0.15, 0.2) is 0 Å². The van der Waals surface area contributed by atoms with Gasteiger partial charge in [-0.3, -0.25) is 4.79 Å². The van der Waals surface area contributed by atoms with E-state index in [1.165, 1.54) is 12.8 Å². The topological polar surface area (TPSA) is 247 Å². The highest BCUT2D eigenvalue weighted by Crippen LogP contribution is 2.27. The fraction of sp³-hybridized carbons (Fsp3) is 0.429. The molecule has 0 atom stereocenters. The number of amides is 1. The molecule has 242 valence electrons. The predicted octanol–water partition coefficient (Wildman–Crippen LogP) is 7.22. The molecule has 14 heteroatoms. The number of rotatable bonds is 6. The van der Waals surface area contributed by atoms with Crippen LogP contribution in [-0.4, -0.2) is 52.1 Å². The van der Waals surface area contributed by atoms with Crippen LogP contribution in [0.2, 0.25) is 0 Å². The Morgan fingerprint density at radius 1 is 0.762 bits per heavy atom. The van der Waals surface area contributed by atoms with Crippen molar-refractivity contribution in [1.29, 1.82) is 0 Å². The van der Waals surface area contributed by atoms with Gasteiger partial charge in [0.05, 0.1) is 5.56 Å². The third-order valence-electron chi connectivity index (χ3n) is 6.98. The van der Waals surface area contributed by atoms with Crippen LogP contribution >= 0.6 is 12.4 Å². The normalized spacial score (nSPS) is 14.0. The highest BCUT2D eigenvalue weighted by atomic mass is 35.5. The zero-order valence-electron chi connectivity index (χ0n) is 24.9. The SMILES string of the molecule is Cc1cc(C)c(O)c(C(=O)Nc2ccc(Nc3nc(N4CCCCC4)nc(N4CCCCC4)n3)cc2)c1.Cl.N.N.N.N.[HH].[HH].[HH].[HH]. The summed E-state index contributed by atoms with van der Waals surface area (Å²) in [6.45, 7) is 7.55. The van der Waals surface area contributed by atoms with E-state index in [1.54, 1.807) is 13.0 Å². The van der Waals surface area contributed by atoms with Crippen LogP contribution in [0.15, 0.2) is 36.4 Å². The second-order valence-electron chi connectivity index (χ2n) is 9.99. The van der Waals surface area contributed by atoms with Gasteiger partial charge in [-0.05, 0) is 93.8 Å². The quantitative estimate of drug-likeness (QED) is 0.145. The molecule has 5 rings (SSSR count). The molecule has 2 fully saturated rings. The van der Waals surface area contributed by atoms with Crippen LogP contribution in [0, 0.1) is 13.8 Å². The minimum absolute atomic E-state index is 0. The fourth-order valence-electron chi connectivity index (χ4n) is 4.98. The van der Waals surface area contributed by atoms with Gasteiger partial charge in [0.1, 0.15) is 5.75 Å². The first kappa shape index (κ1) is 38.2. The van der Waals surface area contributed by atoms with Crippen LogP contribution in [0.25, 0.3) is 0 Å². The maximum Gasteiger partial charge on any atom is 0.259 e. The lowest BCUT2D eigenvalue weighted by Crippen LogP contribution is -2.34. The number of hydrogen-bond acceptors (Lipinski definition) is 12. The minimum atomic E-state index is -0.347. The number of anilines is 5. The zero-order chi connectivity index (χ0) is 25.8. The lowest BCUT2D eigenvalue weighted by molar-refractivity contribution is 0.102. The summed E-state index contributed by atoms with van der Waals surface area (Å²) in [6, 6.07) is 10.9. The number of hydrogen-bond donors (Lipinski definition) is 7. The molecule has 0 bridgehead atoms. The number of aromatic hydroxyl groups is 1. The molecule has 3 aromatic rings. The first-order valence-corrected chi connectivity index (χ1v) is 13.2. The molecule has 0 radical (unpaired) electrons. The van der Waals surface area contributed by atoms with Gasteiger partial charge < -0.3 is 50.1 Å². The zero-order valence-corrected chi connectivity index (χ0v) is 25.7. The number of aryl methyl sites for hydroxylation is 2. The largest absolute Gasteiger partial charge is 0.507 e. The molecule has 0 aliphatic carbocycles. The van der Waals surface area contributed by atoms with Gasteiger partial charge in [-0.25, -0.2) is 0 Å². The van der Waals surface area contributed by atoms with Gasteiger partial charge in [0.25, 0.3) is 5.91 Å². The number of carbonyl (C=O) groups excluding carboxylic acids is 1. The maximum absolute atomic E-state index is 12.8. The van der Waals surface area contributed by atoms with Crippen molar-refractivity contribution in [2.45, 2.75) is 52.4 Å². The smallest absolute Gasteiger partial charge is 0.259 e. The molecule has 0 saturated carbocycles.